The summed E-state index contributed by atoms with van der Waals surface area (Å²) in [6, 6.07) is 3.71. The van der Waals surface area contributed by atoms with E-state index in [1.807, 2.05) is 19.9 Å². The molecule has 0 unspecified atom stereocenters. The van der Waals surface area contributed by atoms with Crippen LogP contribution in [0.15, 0.2) is 12.1 Å². The van der Waals surface area contributed by atoms with Crippen LogP contribution in [0.3, 0.4) is 0 Å². The van der Waals surface area contributed by atoms with Crippen molar-refractivity contribution in [3.63, 3.8) is 0 Å². The van der Waals surface area contributed by atoms with Crippen LogP contribution in [0, 0.1) is 13.8 Å². The third kappa shape index (κ3) is 5.87. The van der Waals surface area contributed by atoms with E-state index in [2.05, 4.69) is 19.2 Å². The summed E-state index contributed by atoms with van der Waals surface area (Å²) in [6.45, 7) is 9.17. The third-order valence-electron chi connectivity index (χ3n) is 3.71. The number of benzene rings is 1. The Balaban J connectivity index is 2.83. The van der Waals surface area contributed by atoms with Crippen LogP contribution < -0.4 is 5.32 Å². The van der Waals surface area contributed by atoms with Crippen molar-refractivity contribution in [3.8, 4) is 0 Å². The van der Waals surface area contributed by atoms with Crippen molar-refractivity contribution in [2.24, 2.45) is 0 Å². The van der Waals surface area contributed by atoms with E-state index in [-0.39, 0.29) is 0 Å². The number of hydrogen-bond donors (Lipinski definition) is 1. The Morgan fingerprint density at radius 1 is 1.09 bits per heavy atom. The van der Waals surface area contributed by atoms with Crippen LogP contribution in [-0.4, -0.2) is 29.8 Å². The molecule has 0 aliphatic carbocycles. The molecule has 0 aromatic heterocycles. The summed E-state index contributed by atoms with van der Waals surface area (Å²) in [5.41, 5.74) is 2.38. The van der Waals surface area contributed by atoms with E-state index in [9.17, 15) is 9.59 Å². The van der Waals surface area contributed by atoms with Crippen molar-refractivity contribution < 1.29 is 9.59 Å². The second-order valence-corrected chi connectivity index (χ2v) is 6.30. The van der Waals surface area contributed by atoms with Gasteiger partial charge >= 0.3 is 11.8 Å². The molecule has 0 radical (unpaired) electrons. The molecular weight excluding hydrogens is 312 g/mol. The highest BCUT2D eigenvalue weighted by Crippen LogP contribution is 2.27. The number of unbranched alkanes of at least 4 members (excludes halogenated alkanes) is 2. The molecule has 0 saturated heterocycles. The van der Waals surface area contributed by atoms with Gasteiger partial charge in [-0.1, -0.05) is 44.4 Å². The van der Waals surface area contributed by atoms with E-state index < -0.39 is 11.8 Å². The average molecular weight is 339 g/mol. The van der Waals surface area contributed by atoms with Crippen molar-refractivity contribution in [3.05, 3.63) is 28.3 Å². The number of halogens is 1. The molecule has 0 bridgehead atoms. The molecule has 128 valence electrons. The number of amides is 2. The van der Waals surface area contributed by atoms with Gasteiger partial charge in [0.1, 0.15) is 0 Å². The van der Waals surface area contributed by atoms with E-state index >= 15 is 0 Å². The highest BCUT2D eigenvalue weighted by Gasteiger charge is 2.22. The summed E-state index contributed by atoms with van der Waals surface area (Å²) < 4.78 is 0. The second kappa shape index (κ2) is 9.56. The van der Waals surface area contributed by atoms with Crippen LogP contribution in [-0.2, 0) is 9.59 Å². The monoisotopic (exact) mass is 338 g/mol. The Kier molecular flexibility index (Phi) is 8.10. The van der Waals surface area contributed by atoms with Gasteiger partial charge in [0.2, 0.25) is 0 Å². The number of carbonyl (C=O) groups excluding carboxylic acids is 2. The molecule has 0 aliphatic rings. The van der Waals surface area contributed by atoms with Crippen molar-refractivity contribution in [2.75, 3.05) is 18.4 Å². The first-order valence-electron chi connectivity index (χ1n) is 8.27. The highest BCUT2D eigenvalue weighted by molar-refractivity contribution is 6.41. The van der Waals surface area contributed by atoms with Crippen LogP contribution in [0.4, 0.5) is 5.69 Å². The summed E-state index contributed by atoms with van der Waals surface area (Å²) >= 11 is 6.19. The molecule has 1 N–H and O–H groups in total. The van der Waals surface area contributed by atoms with E-state index in [0.717, 1.165) is 36.8 Å². The van der Waals surface area contributed by atoms with Gasteiger partial charge in [0.25, 0.3) is 0 Å². The first-order valence-corrected chi connectivity index (χ1v) is 8.65. The second-order valence-electron chi connectivity index (χ2n) is 5.89. The molecule has 1 aromatic carbocycles. The van der Waals surface area contributed by atoms with Crippen molar-refractivity contribution in [1.29, 1.82) is 0 Å². The average Bonchev–Trinajstić information content (AvgIpc) is 2.50. The molecule has 23 heavy (non-hydrogen) atoms. The SMILES string of the molecule is CCCCN(CCCC)C(=O)C(=O)Nc1c(C)cc(C)cc1Cl. The lowest BCUT2D eigenvalue weighted by Crippen LogP contribution is -2.41. The molecule has 1 rings (SSSR count). The topological polar surface area (TPSA) is 49.4 Å². The molecule has 4 nitrogen and oxygen atoms in total. The molecule has 0 saturated carbocycles. The zero-order chi connectivity index (χ0) is 17.4. The molecule has 0 spiro atoms. The fraction of sp³-hybridized carbons (Fsp3) is 0.556. The van der Waals surface area contributed by atoms with Crippen molar-refractivity contribution >= 4 is 29.1 Å². The predicted molar refractivity (Wildman–Crippen MR) is 96.0 cm³/mol. The zero-order valence-corrected chi connectivity index (χ0v) is 15.3. The van der Waals surface area contributed by atoms with Gasteiger partial charge in [0, 0.05) is 13.1 Å². The standard InChI is InChI=1S/C18H27ClN2O2/c1-5-7-9-21(10-8-6-2)18(23)17(22)20-16-14(4)11-13(3)12-15(16)19/h11-12H,5-10H2,1-4H3,(H,20,22). The maximum absolute atomic E-state index is 12.4. The Morgan fingerprint density at radius 3 is 2.13 bits per heavy atom. The van der Waals surface area contributed by atoms with Gasteiger partial charge in [0.05, 0.1) is 10.7 Å². The Bertz CT molecular complexity index is 527. The van der Waals surface area contributed by atoms with Gasteiger partial charge in [-0.05, 0) is 43.9 Å². The van der Waals surface area contributed by atoms with Crippen molar-refractivity contribution in [2.45, 2.75) is 53.4 Å². The molecule has 0 heterocycles. The third-order valence-corrected chi connectivity index (χ3v) is 4.01. The predicted octanol–water partition coefficient (Wildman–Crippen LogP) is 4.32. The lowest BCUT2D eigenvalue weighted by molar-refractivity contribution is -0.143. The van der Waals surface area contributed by atoms with Crippen LogP contribution in [0.2, 0.25) is 5.02 Å². The van der Waals surface area contributed by atoms with Gasteiger partial charge in [-0.15, -0.1) is 0 Å². The van der Waals surface area contributed by atoms with E-state index in [1.165, 1.54) is 0 Å². The number of nitrogens with one attached hydrogen (secondary N) is 1. The smallest absolute Gasteiger partial charge is 0.313 e. The quantitative estimate of drug-likeness (QED) is 0.752. The maximum Gasteiger partial charge on any atom is 0.313 e. The number of hydrogen-bond acceptors (Lipinski definition) is 2. The molecule has 0 fully saturated rings. The van der Waals surface area contributed by atoms with E-state index in [0.29, 0.717) is 23.8 Å². The first-order chi connectivity index (χ1) is 10.9. The summed E-state index contributed by atoms with van der Waals surface area (Å²) in [4.78, 5) is 26.4. The largest absolute Gasteiger partial charge is 0.334 e. The van der Waals surface area contributed by atoms with Gasteiger partial charge in [0.15, 0.2) is 0 Å². The normalized spacial score (nSPS) is 10.5. The molecule has 2 amide bonds. The summed E-state index contributed by atoms with van der Waals surface area (Å²) in [7, 11) is 0. The van der Waals surface area contributed by atoms with E-state index in [1.54, 1.807) is 11.0 Å². The van der Waals surface area contributed by atoms with E-state index in [4.69, 9.17) is 11.6 Å². The fourth-order valence-corrected chi connectivity index (χ4v) is 2.77. The summed E-state index contributed by atoms with van der Waals surface area (Å²) in [6.07, 6.45) is 3.76. The maximum atomic E-state index is 12.4. The van der Waals surface area contributed by atoms with Crippen molar-refractivity contribution in [1.82, 2.24) is 4.90 Å². The zero-order valence-electron chi connectivity index (χ0n) is 14.5. The number of rotatable bonds is 7. The van der Waals surface area contributed by atoms with Crippen LogP contribution >= 0.6 is 11.6 Å². The van der Waals surface area contributed by atoms with Gasteiger partial charge in [-0.25, -0.2) is 0 Å². The molecule has 0 atom stereocenters. The van der Waals surface area contributed by atoms with Crippen LogP contribution in [0.1, 0.15) is 50.7 Å². The minimum absolute atomic E-state index is 0.456. The number of nitrogens with zero attached hydrogens (tertiary/aromatic N) is 1. The lowest BCUT2D eigenvalue weighted by Gasteiger charge is -2.22. The highest BCUT2D eigenvalue weighted by atomic mass is 35.5. The molecule has 1 aromatic rings. The Labute approximate surface area is 144 Å². The molecular formula is C18H27ClN2O2. The van der Waals surface area contributed by atoms with Crippen LogP contribution in [0.5, 0.6) is 0 Å². The molecule has 5 heteroatoms. The summed E-state index contributed by atoms with van der Waals surface area (Å²) in [5, 5.41) is 3.13. The number of aryl methyl sites for hydroxylation is 2. The van der Waals surface area contributed by atoms with Crippen LogP contribution in [0.25, 0.3) is 0 Å². The minimum Gasteiger partial charge on any atom is -0.334 e. The number of carbonyl (C=O) groups is 2. The fourth-order valence-electron chi connectivity index (χ4n) is 2.40. The molecule has 0 aliphatic heterocycles. The van der Waals surface area contributed by atoms with Gasteiger partial charge in [-0.2, -0.15) is 0 Å². The number of anilines is 1. The lowest BCUT2D eigenvalue weighted by atomic mass is 10.1. The first kappa shape index (κ1) is 19.5. The summed E-state index contributed by atoms with van der Waals surface area (Å²) in [5.74, 6) is -1.10. The minimum atomic E-state index is -0.619. The van der Waals surface area contributed by atoms with Gasteiger partial charge in [-0.3, -0.25) is 9.59 Å². The van der Waals surface area contributed by atoms with Gasteiger partial charge < -0.3 is 10.2 Å². The Hall–Kier alpha value is -1.55. The Morgan fingerprint density at radius 2 is 1.65 bits per heavy atom.